The van der Waals surface area contributed by atoms with Crippen molar-refractivity contribution < 1.29 is 9.59 Å². The number of benzene rings is 1. The molecule has 0 radical (unpaired) electrons. The van der Waals surface area contributed by atoms with Gasteiger partial charge in [0, 0.05) is 43.7 Å². The predicted molar refractivity (Wildman–Crippen MR) is 98.3 cm³/mol. The maximum absolute atomic E-state index is 13.0. The molecular formula is C20H29N3O2. The molecule has 1 unspecified atom stereocenters. The van der Waals surface area contributed by atoms with Crippen LogP contribution in [-0.4, -0.2) is 60.4 Å². The second kappa shape index (κ2) is 8.48. The second-order valence-corrected chi connectivity index (χ2v) is 7.11. The van der Waals surface area contributed by atoms with Gasteiger partial charge in [-0.25, -0.2) is 0 Å². The summed E-state index contributed by atoms with van der Waals surface area (Å²) in [5.74, 6) is 0.436. The highest BCUT2D eigenvalue weighted by Crippen LogP contribution is 2.23. The summed E-state index contributed by atoms with van der Waals surface area (Å²) in [5.41, 5.74) is 0.733. The Morgan fingerprint density at radius 3 is 2.48 bits per heavy atom. The van der Waals surface area contributed by atoms with E-state index in [2.05, 4.69) is 17.1 Å². The van der Waals surface area contributed by atoms with Crippen LogP contribution in [0.25, 0.3) is 0 Å². The SMILES string of the molecule is CCCN(C(=O)C1CCN(C(=O)c2ccccc2)CC1)C1CCNC1. The average molecular weight is 343 g/mol. The molecule has 2 heterocycles. The summed E-state index contributed by atoms with van der Waals surface area (Å²) < 4.78 is 0. The Morgan fingerprint density at radius 2 is 1.88 bits per heavy atom. The Morgan fingerprint density at radius 1 is 1.16 bits per heavy atom. The molecular weight excluding hydrogens is 314 g/mol. The van der Waals surface area contributed by atoms with Crippen molar-refractivity contribution in [3.63, 3.8) is 0 Å². The van der Waals surface area contributed by atoms with Gasteiger partial charge in [0.1, 0.15) is 0 Å². The number of hydrogen-bond donors (Lipinski definition) is 1. The molecule has 0 bridgehead atoms. The molecule has 1 N–H and O–H groups in total. The Hall–Kier alpha value is -1.88. The van der Waals surface area contributed by atoms with Crippen molar-refractivity contribution >= 4 is 11.8 Å². The van der Waals surface area contributed by atoms with Gasteiger partial charge in [0.2, 0.25) is 5.91 Å². The third-order valence-electron chi connectivity index (χ3n) is 5.37. The highest BCUT2D eigenvalue weighted by molar-refractivity contribution is 5.94. The molecule has 3 rings (SSSR count). The van der Waals surface area contributed by atoms with Crippen LogP contribution in [0.5, 0.6) is 0 Å². The van der Waals surface area contributed by atoms with Gasteiger partial charge in [-0.3, -0.25) is 9.59 Å². The van der Waals surface area contributed by atoms with E-state index >= 15 is 0 Å². The van der Waals surface area contributed by atoms with Crippen molar-refractivity contribution in [3.05, 3.63) is 35.9 Å². The molecule has 5 nitrogen and oxygen atoms in total. The molecule has 25 heavy (non-hydrogen) atoms. The van der Waals surface area contributed by atoms with Gasteiger partial charge in [-0.15, -0.1) is 0 Å². The first-order valence-electron chi connectivity index (χ1n) is 9.56. The largest absolute Gasteiger partial charge is 0.339 e. The van der Waals surface area contributed by atoms with E-state index in [-0.39, 0.29) is 11.8 Å². The van der Waals surface area contributed by atoms with Crippen molar-refractivity contribution in [2.75, 3.05) is 32.7 Å². The first-order valence-corrected chi connectivity index (χ1v) is 9.56. The van der Waals surface area contributed by atoms with Gasteiger partial charge in [-0.05, 0) is 44.4 Å². The number of hydrogen-bond acceptors (Lipinski definition) is 3. The van der Waals surface area contributed by atoms with Gasteiger partial charge in [0.25, 0.3) is 5.91 Å². The van der Waals surface area contributed by atoms with E-state index in [4.69, 9.17) is 0 Å². The normalized spacial score (nSPS) is 21.3. The van der Waals surface area contributed by atoms with Crippen molar-refractivity contribution in [2.24, 2.45) is 5.92 Å². The number of likely N-dealkylation sites (tertiary alicyclic amines) is 1. The lowest BCUT2D eigenvalue weighted by molar-refractivity contribution is -0.139. The van der Waals surface area contributed by atoms with E-state index in [9.17, 15) is 9.59 Å². The zero-order valence-electron chi connectivity index (χ0n) is 15.1. The van der Waals surface area contributed by atoms with Gasteiger partial charge in [0.05, 0.1) is 0 Å². The second-order valence-electron chi connectivity index (χ2n) is 7.11. The average Bonchev–Trinajstić information content (AvgIpc) is 3.20. The number of nitrogens with one attached hydrogen (secondary N) is 1. The molecule has 136 valence electrons. The number of carbonyl (C=O) groups is 2. The van der Waals surface area contributed by atoms with E-state index in [0.717, 1.165) is 50.9 Å². The van der Waals surface area contributed by atoms with E-state index in [1.54, 1.807) is 0 Å². The summed E-state index contributed by atoms with van der Waals surface area (Å²) >= 11 is 0. The predicted octanol–water partition coefficient (Wildman–Crippen LogP) is 2.14. The number of piperidine rings is 1. The molecule has 0 spiro atoms. The number of rotatable bonds is 5. The fourth-order valence-corrected chi connectivity index (χ4v) is 3.95. The summed E-state index contributed by atoms with van der Waals surface area (Å²) in [5, 5.41) is 3.36. The Balaban J connectivity index is 1.57. The Labute approximate surface area is 150 Å². The topological polar surface area (TPSA) is 52.7 Å². The molecule has 1 aromatic rings. The maximum atomic E-state index is 13.0. The van der Waals surface area contributed by atoms with Crippen LogP contribution >= 0.6 is 0 Å². The van der Waals surface area contributed by atoms with Crippen LogP contribution in [-0.2, 0) is 4.79 Å². The maximum Gasteiger partial charge on any atom is 0.253 e. The molecule has 0 saturated carbocycles. The fourth-order valence-electron chi connectivity index (χ4n) is 3.95. The van der Waals surface area contributed by atoms with E-state index in [1.165, 1.54) is 0 Å². The first kappa shape index (κ1) is 17.9. The summed E-state index contributed by atoms with van der Waals surface area (Å²) in [4.78, 5) is 29.5. The molecule has 0 aliphatic carbocycles. The highest BCUT2D eigenvalue weighted by Gasteiger charge is 2.33. The Kier molecular flexibility index (Phi) is 6.08. The third kappa shape index (κ3) is 4.21. The molecule has 2 saturated heterocycles. The quantitative estimate of drug-likeness (QED) is 0.891. The van der Waals surface area contributed by atoms with Crippen LogP contribution < -0.4 is 5.32 Å². The van der Waals surface area contributed by atoms with Gasteiger partial charge in [-0.1, -0.05) is 25.1 Å². The number of amides is 2. The van der Waals surface area contributed by atoms with Crippen molar-refractivity contribution in [1.29, 1.82) is 0 Å². The lowest BCUT2D eigenvalue weighted by Crippen LogP contribution is -2.48. The third-order valence-corrected chi connectivity index (χ3v) is 5.37. The van der Waals surface area contributed by atoms with Crippen LogP contribution in [0.4, 0.5) is 0 Å². The van der Waals surface area contributed by atoms with Gasteiger partial charge in [-0.2, -0.15) is 0 Å². The summed E-state index contributed by atoms with van der Waals surface area (Å²) in [6.07, 6.45) is 3.60. The van der Waals surface area contributed by atoms with Crippen LogP contribution in [0, 0.1) is 5.92 Å². The molecule has 1 atom stereocenters. The summed E-state index contributed by atoms with van der Waals surface area (Å²) in [6.45, 7) is 6.23. The first-order chi connectivity index (χ1) is 12.2. The molecule has 5 heteroatoms. The van der Waals surface area contributed by atoms with Crippen molar-refractivity contribution in [3.8, 4) is 0 Å². The minimum Gasteiger partial charge on any atom is -0.339 e. The lowest BCUT2D eigenvalue weighted by Gasteiger charge is -2.36. The van der Waals surface area contributed by atoms with Gasteiger partial charge < -0.3 is 15.1 Å². The molecule has 1 aromatic carbocycles. The van der Waals surface area contributed by atoms with Crippen LogP contribution in [0.15, 0.2) is 30.3 Å². The van der Waals surface area contributed by atoms with E-state index in [0.29, 0.717) is 25.0 Å². The number of nitrogens with zero attached hydrogens (tertiary/aromatic N) is 2. The van der Waals surface area contributed by atoms with Crippen LogP contribution in [0.2, 0.25) is 0 Å². The standard InChI is InChI=1S/C20H29N3O2/c1-2-12-23(18-8-11-21-15-18)20(25)17-9-13-22(14-10-17)19(24)16-6-4-3-5-7-16/h3-7,17-18,21H,2,8-15H2,1H3. The monoisotopic (exact) mass is 343 g/mol. The highest BCUT2D eigenvalue weighted by atomic mass is 16.2. The number of carbonyl (C=O) groups excluding carboxylic acids is 2. The fraction of sp³-hybridized carbons (Fsp3) is 0.600. The zero-order chi connectivity index (χ0) is 17.6. The lowest BCUT2D eigenvalue weighted by atomic mass is 9.94. The van der Waals surface area contributed by atoms with Crippen molar-refractivity contribution in [1.82, 2.24) is 15.1 Å². The minimum atomic E-state index is 0.0620. The zero-order valence-corrected chi connectivity index (χ0v) is 15.1. The van der Waals surface area contributed by atoms with Crippen LogP contribution in [0.3, 0.4) is 0 Å². The Bertz CT molecular complexity index is 576. The summed E-state index contributed by atoms with van der Waals surface area (Å²) in [7, 11) is 0. The molecule has 2 aliphatic rings. The molecule has 2 aliphatic heterocycles. The van der Waals surface area contributed by atoms with Crippen LogP contribution in [0.1, 0.15) is 43.0 Å². The van der Waals surface area contributed by atoms with E-state index < -0.39 is 0 Å². The van der Waals surface area contributed by atoms with Crippen molar-refractivity contribution in [2.45, 2.75) is 38.6 Å². The molecule has 0 aromatic heterocycles. The van der Waals surface area contributed by atoms with Gasteiger partial charge in [0.15, 0.2) is 0 Å². The molecule has 2 fully saturated rings. The van der Waals surface area contributed by atoms with Gasteiger partial charge >= 0.3 is 0 Å². The molecule has 2 amide bonds. The van der Waals surface area contributed by atoms with E-state index in [1.807, 2.05) is 35.2 Å². The summed E-state index contributed by atoms with van der Waals surface area (Å²) in [6, 6.07) is 9.76. The minimum absolute atomic E-state index is 0.0620. The smallest absolute Gasteiger partial charge is 0.253 e.